The van der Waals surface area contributed by atoms with Crippen molar-refractivity contribution in [3.8, 4) is 0 Å². The molecule has 0 spiro atoms. The molecule has 4 rings (SSSR count). The maximum atomic E-state index is 6.29. The zero-order chi connectivity index (χ0) is 15.9. The van der Waals surface area contributed by atoms with Crippen molar-refractivity contribution in [2.24, 2.45) is 10.6 Å². The van der Waals surface area contributed by atoms with Crippen LogP contribution in [0.2, 0.25) is 0 Å². The number of ether oxygens (including phenoxy) is 1. The van der Waals surface area contributed by atoms with E-state index in [1.807, 2.05) is 0 Å². The fourth-order valence-electron chi connectivity index (χ4n) is 4.57. The van der Waals surface area contributed by atoms with Crippen LogP contribution >= 0.6 is 0 Å². The van der Waals surface area contributed by atoms with E-state index in [4.69, 9.17) is 9.57 Å². The summed E-state index contributed by atoms with van der Waals surface area (Å²) in [6.45, 7) is 8.21. The number of hydrogen-bond acceptors (Lipinski definition) is 6. The maximum Gasteiger partial charge on any atom is 0.232 e. The lowest BCUT2D eigenvalue weighted by Gasteiger charge is -2.41. The van der Waals surface area contributed by atoms with Gasteiger partial charge in [-0.25, -0.2) is 0 Å². The average Bonchev–Trinajstić information content (AvgIpc) is 2.77. The van der Waals surface area contributed by atoms with E-state index in [1.165, 1.54) is 25.9 Å². The normalized spacial score (nSPS) is 37.8. The zero-order valence-electron chi connectivity index (χ0n) is 14.5. The summed E-state index contributed by atoms with van der Waals surface area (Å²) in [5.41, 5.74) is 0.0328. The predicted molar refractivity (Wildman–Crippen MR) is 89.5 cm³/mol. The molecule has 3 saturated heterocycles. The summed E-state index contributed by atoms with van der Waals surface area (Å²) in [6, 6.07) is 1.46. The Balaban J connectivity index is 1.35. The quantitative estimate of drug-likeness (QED) is 0.836. The molecule has 6 nitrogen and oxygen atoms in total. The van der Waals surface area contributed by atoms with Gasteiger partial charge in [-0.2, -0.15) is 0 Å². The Labute approximate surface area is 139 Å². The minimum absolute atomic E-state index is 0.0328. The van der Waals surface area contributed by atoms with Gasteiger partial charge < -0.3 is 14.9 Å². The molecule has 1 unspecified atom stereocenters. The number of nitrogens with zero attached hydrogens (tertiary/aromatic N) is 3. The highest BCUT2D eigenvalue weighted by Crippen LogP contribution is 2.33. The lowest BCUT2D eigenvalue weighted by molar-refractivity contribution is -0.0311. The standard InChI is InChI=1S/C17H30N4O2/c1-17(5-7-18-8-6-17)16-19-22-12-15(23-16)11-21-9-13-3-4-14(10-21)20(13)2/h13-15,18H,3-12H2,1-2H3/t13-,14+,15?. The lowest BCUT2D eigenvalue weighted by Crippen LogP contribution is -2.55. The Morgan fingerprint density at radius 1 is 1.22 bits per heavy atom. The topological polar surface area (TPSA) is 49.3 Å². The van der Waals surface area contributed by atoms with E-state index in [2.05, 4.69) is 34.2 Å². The number of likely N-dealkylation sites (N-methyl/N-ethyl adjacent to an activating group) is 1. The van der Waals surface area contributed by atoms with E-state index in [9.17, 15) is 0 Å². The molecule has 0 aromatic rings. The van der Waals surface area contributed by atoms with Crippen molar-refractivity contribution in [2.75, 3.05) is 46.4 Å². The molecule has 4 aliphatic rings. The van der Waals surface area contributed by atoms with Crippen molar-refractivity contribution in [1.29, 1.82) is 0 Å². The smallest absolute Gasteiger partial charge is 0.232 e. The Morgan fingerprint density at radius 3 is 2.61 bits per heavy atom. The summed E-state index contributed by atoms with van der Waals surface area (Å²) < 4.78 is 6.29. The first-order chi connectivity index (χ1) is 11.1. The van der Waals surface area contributed by atoms with Crippen LogP contribution in [0.3, 0.4) is 0 Å². The molecule has 23 heavy (non-hydrogen) atoms. The maximum absolute atomic E-state index is 6.29. The summed E-state index contributed by atoms with van der Waals surface area (Å²) in [6.07, 6.45) is 4.95. The van der Waals surface area contributed by atoms with Crippen LogP contribution in [0.4, 0.5) is 0 Å². The van der Waals surface area contributed by atoms with Gasteiger partial charge in [-0.3, -0.25) is 9.80 Å². The number of rotatable bonds is 3. The second-order valence-corrected chi connectivity index (χ2v) is 8.01. The van der Waals surface area contributed by atoms with Crippen molar-refractivity contribution in [2.45, 2.75) is 50.8 Å². The number of piperidine rings is 1. The van der Waals surface area contributed by atoms with Crippen molar-refractivity contribution in [3.05, 3.63) is 0 Å². The monoisotopic (exact) mass is 322 g/mol. The summed E-state index contributed by atoms with van der Waals surface area (Å²) >= 11 is 0. The molecule has 1 N–H and O–H groups in total. The van der Waals surface area contributed by atoms with Crippen LogP contribution in [0.5, 0.6) is 0 Å². The van der Waals surface area contributed by atoms with Gasteiger partial charge in [0.05, 0.1) is 0 Å². The van der Waals surface area contributed by atoms with Crippen molar-refractivity contribution in [3.63, 3.8) is 0 Å². The van der Waals surface area contributed by atoms with Gasteiger partial charge in [0.25, 0.3) is 0 Å². The van der Waals surface area contributed by atoms with Crippen molar-refractivity contribution >= 4 is 5.90 Å². The van der Waals surface area contributed by atoms with Gasteiger partial charge >= 0.3 is 0 Å². The van der Waals surface area contributed by atoms with E-state index in [0.29, 0.717) is 6.61 Å². The fraction of sp³-hybridized carbons (Fsp3) is 0.941. The second kappa shape index (κ2) is 6.22. The van der Waals surface area contributed by atoms with E-state index < -0.39 is 0 Å². The molecular weight excluding hydrogens is 292 g/mol. The number of hydrogen-bond donors (Lipinski definition) is 1. The molecule has 4 heterocycles. The number of nitrogens with one attached hydrogen (secondary N) is 1. The van der Waals surface area contributed by atoms with E-state index in [1.54, 1.807) is 0 Å². The molecule has 4 aliphatic heterocycles. The molecule has 130 valence electrons. The molecule has 6 heteroatoms. The minimum atomic E-state index is 0.0328. The Morgan fingerprint density at radius 2 is 1.91 bits per heavy atom. The molecule has 0 radical (unpaired) electrons. The Bertz CT molecular complexity index is 450. The first kappa shape index (κ1) is 15.7. The average molecular weight is 322 g/mol. The van der Waals surface area contributed by atoms with Gasteiger partial charge in [0.1, 0.15) is 6.10 Å². The van der Waals surface area contributed by atoms with Gasteiger partial charge in [-0.15, -0.1) is 0 Å². The molecule has 2 bridgehead atoms. The van der Waals surface area contributed by atoms with Crippen LogP contribution in [-0.2, 0) is 9.57 Å². The van der Waals surface area contributed by atoms with Crippen molar-refractivity contribution < 1.29 is 9.57 Å². The fourth-order valence-corrected chi connectivity index (χ4v) is 4.57. The Kier molecular flexibility index (Phi) is 4.24. The zero-order valence-corrected chi connectivity index (χ0v) is 14.5. The van der Waals surface area contributed by atoms with Crippen LogP contribution in [0, 0.1) is 5.41 Å². The van der Waals surface area contributed by atoms with E-state index in [0.717, 1.165) is 50.5 Å². The lowest BCUT2D eigenvalue weighted by atomic mass is 9.80. The first-order valence-corrected chi connectivity index (χ1v) is 9.16. The van der Waals surface area contributed by atoms with Crippen LogP contribution in [0.25, 0.3) is 0 Å². The van der Waals surface area contributed by atoms with E-state index >= 15 is 0 Å². The van der Waals surface area contributed by atoms with Crippen molar-refractivity contribution in [1.82, 2.24) is 15.1 Å². The molecule has 0 amide bonds. The van der Waals surface area contributed by atoms with Crippen LogP contribution in [0.15, 0.2) is 5.16 Å². The third-order valence-corrected chi connectivity index (χ3v) is 6.29. The van der Waals surface area contributed by atoms with Crippen LogP contribution < -0.4 is 5.32 Å². The second-order valence-electron chi connectivity index (χ2n) is 8.01. The highest BCUT2D eigenvalue weighted by Gasteiger charge is 2.41. The van der Waals surface area contributed by atoms with Gasteiger partial charge in [0.2, 0.25) is 5.90 Å². The number of fused-ring (bicyclic) bond motifs is 2. The van der Waals surface area contributed by atoms with Gasteiger partial charge in [0, 0.05) is 37.1 Å². The SMILES string of the molecule is CN1[C@@H]2CC[C@H]1CN(CC1CON=C(C3(C)CCNCC3)O1)C2. The minimum Gasteiger partial charge on any atom is -0.470 e. The summed E-state index contributed by atoms with van der Waals surface area (Å²) in [7, 11) is 2.28. The largest absolute Gasteiger partial charge is 0.470 e. The van der Waals surface area contributed by atoms with Crippen LogP contribution in [-0.4, -0.2) is 80.3 Å². The summed E-state index contributed by atoms with van der Waals surface area (Å²) in [5.74, 6) is 0.826. The third kappa shape index (κ3) is 3.08. The van der Waals surface area contributed by atoms with Gasteiger partial charge in [-0.05, 0) is 45.8 Å². The van der Waals surface area contributed by atoms with Crippen LogP contribution in [0.1, 0.15) is 32.6 Å². The number of likely N-dealkylation sites (tertiary alicyclic amines) is 1. The molecule has 3 atom stereocenters. The number of piperazine rings is 1. The Hall–Kier alpha value is -0.850. The summed E-state index contributed by atoms with van der Waals surface area (Å²) in [5, 5.41) is 7.67. The van der Waals surface area contributed by atoms with Gasteiger partial charge in [-0.1, -0.05) is 12.1 Å². The highest BCUT2D eigenvalue weighted by molar-refractivity contribution is 5.82. The molecular formula is C17H30N4O2. The highest BCUT2D eigenvalue weighted by atomic mass is 16.7. The first-order valence-electron chi connectivity index (χ1n) is 9.16. The molecule has 0 aliphatic carbocycles. The van der Waals surface area contributed by atoms with E-state index in [-0.39, 0.29) is 11.5 Å². The number of oxime groups is 1. The third-order valence-electron chi connectivity index (χ3n) is 6.29. The summed E-state index contributed by atoms with van der Waals surface area (Å²) in [4.78, 5) is 10.7. The van der Waals surface area contributed by atoms with Gasteiger partial charge in [0.15, 0.2) is 6.61 Å². The molecule has 0 aromatic carbocycles. The molecule has 3 fully saturated rings. The molecule has 0 saturated carbocycles. The predicted octanol–water partition coefficient (Wildman–Crippen LogP) is 0.883. The molecule has 0 aromatic heterocycles.